The Bertz CT molecular complexity index is 398. The molecular weight excluding hydrogens is 240 g/mol. The van der Waals surface area contributed by atoms with Crippen LogP contribution in [0.3, 0.4) is 0 Å². The third-order valence-electron chi connectivity index (χ3n) is 2.97. The Labute approximate surface area is 115 Å². The van der Waals surface area contributed by atoms with Crippen molar-refractivity contribution >= 4 is 0 Å². The fourth-order valence-corrected chi connectivity index (χ4v) is 1.83. The minimum atomic E-state index is -0.286. The third-order valence-corrected chi connectivity index (χ3v) is 2.97. The van der Waals surface area contributed by atoms with Gasteiger partial charge in [0, 0.05) is 12.6 Å². The summed E-state index contributed by atoms with van der Waals surface area (Å²) in [4.78, 5) is 0. The summed E-state index contributed by atoms with van der Waals surface area (Å²) in [7, 11) is 0. The van der Waals surface area contributed by atoms with E-state index in [0.717, 1.165) is 18.4 Å². The number of hydrogen-bond acceptors (Lipinski definition) is 4. The fraction of sp³-hybridized carbons (Fsp3) is 0.533. The van der Waals surface area contributed by atoms with Crippen LogP contribution in [-0.2, 0) is 0 Å². The van der Waals surface area contributed by atoms with Crippen LogP contribution in [0, 0.1) is 11.3 Å². The number of benzene rings is 1. The van der Waals surface area contributed by atoms with Gasteiger partial charge in [0.15, 0.2) is 6.61 Å². The Morgan fingerprint density at radius 2 is 2.05 bits per heavy atom. The van der Waals surface area contributed by atoms with Gasteiger partial charge in [-0.15, -0.1) is 0 Å². The zero-order valence-electron chi connectivity index (χ0n) is 11.6. The molecule has 0 amide bonds. The van der Waals surface area contributed by atoms with E-state index in [9.17, 15) is 5.11 Å². The summed E-state index contributed by atoms with van der Waals surface area (Å²) in [6.07, 6.45) is 1.52. The van der Waals surface area contributed by atoms with E-state index in [1.807, 2.05) is 30.3 Å². The molecule has 2 atom stereocenters. The largest absolute Gasteiger partial charge is 0.479 e. The molecule has 0 saturated heterocycles. The molecule has 2 N–H and O–H groups in total. The van der Waals surface area contributed by atoms with Crippen LogP contribution < -0.4 is 10.1 Å². The van der Waals surface area contributed by atoms with Crippen LogP contribution in [0.5, 0.6) is 5.75 Å². The van der Waals surface area contributed by atoms with E-state index < -0.39 is 0 Å². The summed E-state index contributed by atoms with van der Waals surface area (Å²) in [6.45, 7) is 4.79. The Hall–Kier alpha value is -1.57. The van der Waals surface area contributed by atoms with Crippen molar-refractivity contribution in [3.8, 4) is 11.8 Å². The zero-order valence-corrected chi connectivity index (χ0v) is 11.6. The van der Waals surface area contributed by atoms with Gasteiger partial charge in [-0.1, -0.05) is 25.5 Å². The van der Waals surface area contributed by atoms with Gasteiger partial charge in [-0.25, -0.2) is 0 Å². The standard InChI is InChI=1S/C15H22N2O2/c1-3-4-14(18)11-17-12(2)13-5-7-15(8-6-13)19-10-9-16/h5-8,12,14,17-18H,3-4,10-11H2,1-2H3. The van der Waals surface area contributed by atoms with E-state index in [2.05, 4.69) is 19.2 Å². The summed E-state index contributed by atoms with van der Waals surface area (Å²) in [5.41, 5.74) is 1.13. The maximum Gasteiger partial charge on any atom is 0.174 e. The summed E-state index contributed by atoms with van der Waals surface area (Å²) in [6, 6.07) is 9.76. The summed E-state index contributed by atoms with van der Waals surface area (Å²) in [5, 5.41) is 21.4. The first kappa shape index (κ1) is 15.5. The van der Waals surface area contributed by atoms with Crippen LogP contribution >= 0.6 is 0 Å². The molecule has 0 fully saturated rings. The minimum Gasteiger partial charge on any atom is -0.479 e. The van der Waals surface area contributed by atoms with E-state index in [-0.39, 0.29) is 18.8 Å². The number of rotatable bonds is 8. The van der Waals surface area contributed by atoms with Crippen molar-refractivity contribution in [3.63, 3.8) is 0 Å². The Balaban J connectivity index is 2.44. The van der Waals surface area contributed by atoms with E-state index in [0.29, 0.717) is 12.3 Å². The molecule has 0 aromatic heterocycles. The van der Waals surface area contributed by atoms with Gasteiger partial charge >= 0.3 is 0 Å². The SMILES string of the molecule is CCCC(O)CNC(C)c1ccc(OCC#N)cc1. The van der Waals surface area contributed by atoms with Crippen molar-refractivity contribution in [2.24, 2.45) is 0 Å². The molecule has 2 unspecified atom stereocenters. The first-order valence-corrected chi connectivity index (χ1v) is 6.68. The molecule has 4 nitrogen and oxygen atoms in total. The number of hydrogen-bond donors (Lipinski definition) is 2. The Morgan fingerprint density at radius 1 is 1.37 bits per heavy atom. The number of ether oxygens (including phenoxy) is 1. The van der Waals surface area contributed by atoms with Gasteiger partial charge in [0.25, 0.3) is 0 Å². The first-order chi connectivity index (χ1) is 9.17. The molecule has 1 aromatic rings. The van der Waals surface area contributed by atoms with Gasteiger partial charge in [0.05, 0.1) is 6.10 Å². The molecule has 4 heteroatoms. The minimum absolute atomic E-state index is 0.0658. The molecule has 0 radical (unpaired) electrons. The van der Waals surface area contributed by atoms with Crippen LogP contribution in [0.15, 0.2) is 24.3 Å². The molecule has 0 saturated carbocycles. The smallest absolute Gasteiger partial charge is 0.174 e. The molecule has 19 heavy (non-hydrogen) atoms. The van der Waals surface area contributed by atoms with Gasteiger partial charge < -0.3 is 15.2 Å². The Kier molecular flexibility index (Phi) is 6.94. The molecule has 0 aliphatic heterocycles. The molecule has 104 valence electrons. The molecule has 1 aromatic carbocycles. The number of nitrogens with one attached hydrogen (secondary N) is 1. The van der Waals surface area contributed by atoms with Gasteiger partial charge in [-0.05, 0) is 31.0 Å². The quantitative estimate of drug-likeness (QED) is 0.755. The number of nitrogens with zero attached hydrogens (tertiary/aromatic N) is 1. The second-order valence-corrected chi connectivity index (χ2v) is 4.59. The second-order valence-electron chi connectivity index (χ2n) is 4.59. The first-order valence-electron chi connectivity index (χ1n) is 6.68. The van der Waals surface area contributed by atoms with Crippen LogP contribution in [0.1, 0.15) is 38.3 Å². The van der Waals surface area contributed by atoms with Crippen molar-refractivity contribution in [1.82, 2.24) is 5.32 Å². The second kappa shape index (κ2) is 8.52. The predicted molar refractivity (Wildman–Crippen MR) is 74.9 cm³/mol. The average Bonchev–Trinajstić information content (AvgIpc) is 2.43. The van der Waals surface area contributed by atoms with Gasteiger partial charge in [-0.2, -0.15) is 5.26 Å². The molecular formula is C15H22N2O2. The van der Waals surface area contributed by atoms with Crippen molar-refractivity contribution in [3.05, 3.63) is 29.8 Å². The summed E-state index contributed by atoms with van der Waals surface area (Å²) < 4.78 is 5.20. The summed E-state index contributed by atoms with van der Waals surface area (Å²) in [5.74, 6) is 0.698. The number of aliphatic hydroxyl groups excluding tert-OH is 1. The van der Waals surface area contributed by atoms with E-state index in [4.69, 9.17) is 10.00 Å². The lowest BCUT2D eigenvalue weighted by atomic mass is 10.1. The van der Waals surface area contributed by atoms with E-state index >= 15 is 0 Å². The molecule has 0 heterocycles. The highest BCUT2D eigenvalue weighted by molar-refractivity contribution is 5.29. The topological polar surface area (TPSA) is 65.3 Å². The van der Waals surface area contributed by atoms with Crippen LogP contribution in [0.2, 0.25) is 0 Å². The van der Waals surface area contributed by atoms with Crippen LogP contribution in [0.25, 0.3) is 0 Å². The predicted octanol–water partition coefficient (Wildman–Crippen LogP) is 2.40. The highest BCUT2D eigenvalue weighted by Gasteiger charge is 2.08. The maximum absolute atomic E-state index is 9.67. The zero-order chi connectivity index (χ0) is 14.1. The molecule has 1 rings (SSSR count). The van der Waals surface area contributed by atoms with Gasteiger partial charge in [-0.3, -0.25) is 0 Å². The highest BCUT2D eigenvalue weighted by atomic mass is 16.5. The lowest BCUT2D eigenvalue weighted by Gasteiger charge is -2.17. The van der Waals surface area contributed by atoms with Crippen LogP contribution in [-0.4, -0.2) is 24.4 Å². The molecule has 0 aliphatic rings. The van der Waals surface area contributed by atoms with Crippen molar-refractivity contribution in [2.45, 2.75) is 38.8 Å². The van der Waals surface area contributed by atoms with Gasteiger partial charge in [0.2, 0.25) is 0 Å². The van der Waals surface area contributed by atoms with E-state index in [1.165, 1.54) is 0 Å². The lowest BCUT2D eigenvalue weighted by Crippen LogP contribution is -2.28. The number of nitriles is 1. The highest BCUT2D eigenvalue weighted by Crippen LogP contribution is 2.17. The van der Waals surface area contributed by atoms with Crippen LogP contribution in [0.4, 0.5) is 0 Å². The molecule has 0 aliphatic carbocycles. The summed E-state index contributed by atoms with van der Waals surface area (Å²) >= 11 is 0. The number of aliphatic hydroxyl groups is 1. The van der Waals surface area contributed by atoms with Crippen molar-refractivity contribution in [2.75, 3.05) is 13.2 Å². The fourth-order valence-electron chi connectivity index (χ4n) is 1.83. The van der Waals surface area contributed by atoms with Gasteiger partial charge in [0.1, 0.15) is 11.8 Å². The maximum atomic E-state index is 9.67. The Morgan fingerprint density at radius 3 is 2.63 bits per heavy atom. The van der Waals surface area contributed by atoms with E-state index in [1.54, 1.807) is 0 Å². The molecule has 0 bridgehead atoms. The lowest BCUT2D eigenvalue weighted by molar-refractivity contribution is 0.157. The normalized spacial score (nSPS) is 13.6. The van der Waals surface area contributed by atoms with Crippen molar-refractivity contribution < 1.29 is 9.84 Å². The average molecular weight is 262 g/mol. The van der Waals surface area contributed by atoms with Crippen molar-refractivity contribution in [1.29, 1.82) is 5.26 Å². The monoisotopic (exact) mass is 262 g/mol. The molecule has 0 spiro atoms. The third kappa shape index (κ3) is 5.73.